The molecule has 4 N–H and O–H groups in total. The first-order valence-electron chi connectivity index (χ1n) is 14.8. The lowest BCUT2D eigenvalue weighted by molar-refractivity contribution is -0.201. The SMILES string of the molecule is CCNC(=O)Nc1cc(-c2nc(C3CC3)cs2)c(-c2cncc(-c3nn(C(OP(=O)(O)O)(C(C)(C)C)C(C)(C)C)c(=O)o3)c2)cn1. The number of nitrogens with zero attached hydrogens (tertiary/aromatic N) is 5. The van der Waals surface area contributed by atoms with Crippen molar-refractivity contribution in [2.24, 2.45) is 10.8 Å². The predicted molar refractivity (Wildman–Crippen MR) is 173 cm³/mol. The highest BCUT2D eigenvalue weighted by Crippen LogP contribution is 2.57. The lowest BCUT2D eigenvalue weighted by Gasteiger charge is -2.50. The van der Waals surface area contributed by atoms with Crippen molar-refractivity contribution in [3.8, 4) is 33.2 Å². The molecule has 0 bridgehead atoms. The van der Waals surface area contributed by atoms with Crippen molar-refractivity contribution in [1.82, 2.24) is 30.0 Å². The summed E-state index contributed by atoms with van der Waals surface area (Å²) in [5, 5.41) is 12.6. The highest BCUT2D eigenvalue weighted by molar-refractivity contribution is 7.46. The second-order valence-corrected chi connectivity index (χ2v) is 15.2. The van der Waals surface area contributed by atoms with E-state index >= 15 is 0 Å². The van der Waals surface area contributed by atoms with Gasteiger partial charge in [0.1, 0.15) is 10.8 Å². The molecule has 5 rings (SSSR count). The summed E-state index contributed by atoms with van der Waals surface area (Å²) in [6.07, 6.45) is 6.90. The molecule has 246 valence electrons. The van der Waals surface area contributed by atoms with Gasteiger partial charge in [-0.15, -0.1) is 16.4 Å². The Morgan fingerprint density at radius 3 is 2.37 bits per heavy atom. The Kier molecular flexibility index (Phi) is 8.86. The Morgan fingerprint density at radius 1 is 1.09 bits per heavy atom. The molecule has 0 saturated heterocycles. The first-order chi connectivity index (χ1) is 21.4. The number of phosphoric ester groups is 1. The molecule has 4 heterocycles. The van der Waals surface area contributed by atoms with Gasteiger partial charge in [-0.1, -0.05) is 41.5 Å². The third-order valence-corrected chi connectivity index (χ3v) is 9.05. The first kappa shape index (κ1) is 33.6. The van der Waals surface area contributed by atoms with E-state index in [1.54, 1.807) is 66.1 Å². The number of anilines is 1. The Bertz CT molecular complexity index is 1850. The Hall–Kier alpha value is -3.75. The highest BCUT2D eigenvalue weighted by Gasteiger charge is 2.59. The minimum absolute atomic E-state index is 0.124. The zero-order chi connectivity index (χ0) is 33.7. The number of thiazole rings is 1. The summed E-state index contributed by atoms with van der Waals surface area (Å²) in [4.78, 5) is 59.2. The predicted octanol–water partition coefficient (Wildman–Crippen LogP) is 5.96. The number of amides is 2. The molecule has 4 aromatic rings. The average molecular weight is 672 g/mol. The fraction of sp³-hybridized carbons (Fsp3) is 0.467. The fourth-order valence-electron chi connectivity index (χ4n) is 5.77. The summed E-state index contributed by atoms with van der Waals surface area (Å²) in [6, 6.07) is 3.09. The summed E-state index contributed by atoms with van der Waals surface area (Å²) in [6.45, 7) is 12.5. The smallest absolute Gasteiger partial charge is 0.387 e. The van der Waals surface area contributed by atoms with Gasteiger partial charge in [-0.3, -0.25) is 14.8 Å². The van der Waals surface area contributed by atoms with Crippen molar-refractivity contribution in [3.05, 3.63) is 52.3 Å². The number of carbonyl (C=O) groups excluding carboxylic acids is 1. The molecule has 0 spiro atoms. The van der Waals surface area contributed by atoms with E-state index in [0.29, 0.717) is 35.0 Å². The van der Waals surface area contributed by atoms with E-state index in [9.17, 15) is 23.9 Å². The van der Waals surface area contributed by atoms with E-state index in [1.165, 1.54) is 17.5 Å². The van der Waals surface area contributed by atoms with Gasteiger partial charge >= 0.3 is 19.6 Å². The number of pyridine rings is 2. The second-order valence-electron chi connectivity index (χ2n) is 13.2. The lowest BCUT2D eigenvalue weighted by Crippen LogP contribution is -2.59. The molecule has 4 aromatic heterocycles. The van der Waals surface area contributed by atoms with Crippen LogP contribution in [-0.2, 0) is 14.8 Å². The van der Waals surface area contributed by atoms with Crippen LogP contribution in [0, 0.1) is 10.8 Å². The summed E-state index contributed by atoms with van der Waals surface area (Å²) < 4.78 is 24.2. The quantitative estimate of drug-likeness (QED) is 0.153. The van der Waals surface area contributed by atoms with Gasteiger partial charge in [-0.2, -0.15) is 4.68 Å². The van der Waals surface area contributed by atoms with Gasteiger partial charge in [0.2, 0.25) is 0 Å². The summed E-state index contributed by atoms with van der Waals surface area (Å²) >= 11 is 1.49. The minimum Gasteiger partial charge on any atom is -0.387 e. The van der Waals surface area contributed by atoms with Crippen molar-refractivity contribution >= 4 is 31.0 Å². The molecule has 0 atom stereocenters. The molecular formula is C30H38N7O7PS. The van der Waals surface area contributed by atoms with Gasteiger partial charge in [0.05, 0.1) is 11.3 Å². The normalized spacial score (nSPS) is 14.4. The molecule has 0 radical (unpaired) electrons. The molecule has 46 heavy (non-hydrogen) atoms. The summed E-state index contributed by atoms with van der Waals surface area (Å²) in [5.74, 6) is -0.292. The molecule has 16 heteroatoms. The molecule has 2 amide bonds. The molecule has 14 nitrogen and oxygen atoms in total. The van der Waals surface area contributed by atoms with Crippen LogP contribution in [0.3, 0.4) is 0 Å². The van der Waals surface area contributed by atoms with Crippen molar-refractivity contribution in [2.75, 3.05) is 11.9 Å². The third-order valence-electron chi connectivity index (χ3n) is 7.66. The van der Waals surface area contributed by atoms with E-state index in [0.717, 1.165) is 33.8 Å². The molecule has 0 unspecified atom stereocenters. The Morgan fingerprint density at radius 2 is 1.76 bits per heavy atom. The van der Waals surface area contributed by atoms with Crippen LogP contribution >= 0.6 is 19.2 Å². The van der Waals surface area contributed by atoms with Gasteiger partial charge in [-0.25, -0.2) is 24.1 Å². The third kappa shape index (κ3) is 6.69. The van der Waals surface area contributed by atoms with Crippen molar-refractivity contribution < 1.29 is 28.1 Å². The number of nitrogens with one attached hydrogen (secondary N) is 2. The molecule has 1 aliphatic carbocycles. The van der Waals surface area contributed by atoms with Crippen molar-refractivity contribution in [3.63, 3.8) is 0 Å². The van der Waals surface area contributed by atoms with Crippen LogP contribution in [0.1, 0.15) is 72.9 Å². The van der Waals surface area contributed by atoms with E-state index in [4.69, 9.17) is 13.9 Å². The Labute approximate surface area is 269 Å². The number of hydrogen-bond donors (Lipinski definition) is 4. The number of aromatic nitrogens is 5. The maximum Gasteiger partial charge on any atom is 0.471 e. The van der Waals surface area contributed by atoms with Crippen molar-refractivity contribution in [2.45, 2.75) is 73.0 Å². The van der Waals surface area contributed by atoms with E-state index < -0.39 is 30.1 Å². The molecule has 0 aromatic carbocycles. The van der Waals surface area contributed by atoms with Gasteiger partial charge in [-0.05, 0) is 31.9 Å². The number of rotatable bonds is 9. The standard InChI is InChI=1S/C30H38N7O7PS/c1-8-32-26(38)35-23-12-20(25-34-22(16-46-25)17-9-10-17)21(15-33-23)18-11-19(14-31-13-18)24-36-37(27(39)43-24)30(28(2,3)4,29(5,6)7)44-45(40,41)42/h11-17H,8-10H2,1-7H3,(H2,40,41,42)(H2,32,33,35,38). The van der Waals surface area contributed by atoms with Crippen LogP contribution in [0.2, 0.25) is 0 Å². The number of hydrogen-bond acceptors (Lipinski definition) is 10. The van der Waals surface area contributed by atoms with Gasteiger partial charge in [0, 0.05) is 64.0 Å². The first-order valence-corrected chi connectivity index (χ1v) is 17.2. The molecule has 0 aliphatic heterocycles. The van der Waals surface area contributed by atoms with Crippen LogP contribution in [0.4, 0.5) is 10.6 Å². The van der Waals surface area contributed by atoms with E-state index in [2.05, 4.69) is 25.7 Å². The monoisotopic (exact) mass is 671 g/mol. The molecule has 1 saturated carbocycles. The van der Waals surface area contributed by atoms with E-state index in [1.807, 2.05) is 12.3 Å². The topological polar surface area (TPSA) is 195 Å². The fourth-order valence-corrected chi connectivity index (χ4v) is 7.67. The van der Waals surface area contributed by atoms with Crippen LogP contribution < -0.4 is 16.4 Å². The largest absolute Gasteiger partial charge is 0.471 e. The number of phosphoric acid groups is 1. The zero-order valence-electron chi connectivity index (χ0n) is 26.7. The maximum atomic E-state index is 13.4. The second kappa shape index (κ2) is 12.1. The van der Waals surface area contributed by atoms with Gasteiger partial charge in [0.15, 0.2) is 5.72 Å². The molecule has 1 fully saturated rings. The van der Waals surface area contributed by atoms with Crippen LogP contribution in [0.5, 0.6) is 0 Å². The Balaban J connectivity index is 1.61. The summed E-state index contributed by atoms with van der Waals surface area (Å²) in [5.41, 5.74) is -0.652. The maximum absolute atomic E-state index is 13.4. The van der Waals surface area contributed by atoms with Crippen LogP contribution in [0.15, 0.2) is 45.3 Å². The van der Waals surface area contributed by atoms with Crippen LogP contribution in [-0.4, -0.2) is 47.1 Å². The summed E-state index contributed by atoms with van der Waals surface area (Å²) in [7, 11) is -5.12. The highest BCUT2D eigenvalue weighted by atomic mass is 32.1. The van der Waals surface area contributed by atoms with Crippen LogP contribution in [0.25, 0.3) is 33.2 Å². The van der Waals surface area contributed by atoms with E-state index in [-0.39, 0.29) is 11.9 Å². The van der Waals surface area contributed by atoms with Gasteiger partial charge < -0.3 is 19.5 Å². The molecular weight excluding hydrogens is 633 g/mol. The van der Waals surface area contributed by atoms with Crippen molar-refractivity contribution in [1.29, 1.82) is 0 Å². The zero-order valence-corrected chi connectivity index (χ0v) is 28.4. The minimum atomic E-state index is -5.12. The number of carbonyl (C=O) groups is 1. The molecule has 1 aliphatic rings. The number of urea groups is 1. The average Bonchev–Trinajstić information content (AvgIpc) is 3.55. The lowest BCUT2D eigenvalue weighted by atomic mass is 9.68. The van der Waals surface area contributed by atoms with Gasteiger partial charge in [0.25, 0.3) is 5.89 Å².